The Morgan fingerprint density at radius 2 is 0.701 bits per heavy atom. The van der Waals surface area contributed by atoms with Gasteiger partial charge in [-0.2, -0.15) is 0 Å². The van der Waals surface area contributed by atoms with Crippen LogP contribution < -0.4 is 5.32 Å². The molecule has 6 heteroatoms. The number of aliphatic hydroxyl groups is 2. The fraction of sp³-hybridized carbons (Fsp3) is 0.902. The van der Waals surface area contributed by atoms with Crippen molar-refractivity contribution < 1.29 is 24.5 Å². The molecule has 0 aliphatic rings. The molecular formula is C61H117NO5. The van der Waals surface area contributed by atoms with Crippen LogP contribution in [0.5, 0.6) is 0 Å². The molecule has 0 fully saturated rings. The third-order valence-corrected chi connectivity index (χ3v) is 14.0. The summed E-state index contributed by atoms with van der Waals surface area (Å²) in [6.45, 7) is 4.93. The SMILES string of the molecule is CCCCC/C=C\CCCCCCCC(=O)OCCCCCCCCCCCCCC/C=C\CCCCCCCCCCCCCC(=O)NC(CO)C(O)CCCCCCCCCCCCC. The van der Waals surface area contributed by atoms with E-state index < -0.39 is 12.1 Å². The molecule has 0 radical (unpaired) electrons. The molecule has 0 saturated heterocycles. The molecule has 0 saturated carbocycles. The molecule has 2 atom stereocenters. The Morgan fingerprint density at radius 3 is 1.09 bits per heavy atom. The first-order chi connectivity index (χ1) is 33.0. The second kappa shape index (κ2) is 56.9. The first kappa shape index (κ1) is 65.3. The summed E-state index contributed by atoms with van der Waals surface area (Å²) >= 11 is 0. The van der Waals surface area contributed by atoms with Crippen LogP contribution in [-0.4, -0.2) is 47.4 Å². The lowest BCUT2D eigenvalue weighted by Gasteiger charge is -2.22. The first-order valence-electron chi connectivity index (χ1n) is 30.1. The van der Waals surface area contributed by atoms with E-state index in [1.165, 1.54) is 250 Å². The first-order valence-corrected chi connectivity index (χ1v) is 30.1. The van der Waals surface area contributed by atoms with Crippen molar-refractivity contribution in [2.75, 3.05) is 13.2 Å². The van der Waals surface area contributed by atoms with Gasteiger partial charge >= 0.3 is 5.97 Å². The number of hydrogen-bond acceptors (Lipinski definition) is 5. The lowest BCUT2D eigenvalue weighted by molar-refractivity contribution is -0.143. The maximum absolute atomic E-state index is 12.4. The Balaban J connectivity index is 3.37. The third-order valence-electron chi connectivity index (χ3n) is 14.0. The molecule has 0 aliphatic heterocycles. The van der Waals surface area contributed by atoms with Crippen molar-refractivity contribution in [3.63, 3.8) is 0 Å². The highest BCUT2D eigenvalue weighted by Crippen LogP contribution is 2.17. The summed E-state index contributed by atoms with van der Waals surface area (Å²) in [4.78, 5) is 24.4. The molecular weight excluding hydrogens is 827 g/mol. The zero-order chi connectivity index (χ0) is 48.6. The van der Waals surface area contributed by atoms with E-state index in [4.69, 9.17) is 4.74 Å². The number of carbonyl (C=O) groups is 2. The summed E-state index contributed by atoms with van der Waals surface area (Å²) in [6, 6.07) is -0.540. The number of rotatable bonds is 56. The molecule has 0 aromatic carbocycles. The van der Waals surface area contributed by atoms with Gasteiger partial charge in [-0.05, 0) is 77.0 Å². The lowest BCUT2D eigenvalue weighted by Crippen LogP contribution is -2.45. The molecule has 0 aromatic rings. The van der Waals surface area contributed by atoms with Gasteiger partial charge in [-0.3, -0.25) is 9.59 Å². The van der Waals surface area contributed by atoms with Gasteiger partial charge in [-0.25, -0.2) is 0 Å². The van der Waals surface area contributed by atoms with E-state index in [0.717, 1.165) is 44.9 Å². The summed E-state index contributed by atoms with van der Waals surface area (Å²) in [5, 5.41) is 23.2. The van der Waals surface area contributed by atoms with Gasteiger partial charge in [0, 0.05) is 12.8 Å². The van der Waals surface area contributed by atoms with E-state index in [1.807, 2.05) is 0 Å². The minimum absolute atomic E-state index is 0.00499. The molecule has 396 valence electrons. The van der Waals surface area contributed by atoms with Crippen LogP contribution >= 0.6 is 0 Å². The largest absolute Gasteiger partial charge is 0.466 e. The van der Waals surface area contributed by atoms with Gasteiger partial charge in [0.1, 0.15) is 0 Å². The van der Waals surface area contributed by atoms with E-state index in [-0.39, 0.29) is 18.5 Å². The van der Waals surface area contributed by atoms with Crippen molar-refractivity contribution in [3.8, 4) is 0 Å². The normalized spacial score (nSPS) is 12.7. The molecule has 67 heavy (non-hydrogen) atoms. The molecule has 0 aromatic heterocycles. The number of hydrogen-bond donors (Lipinski definition) is 3. The zero-order valence-electron chi connectivity index (χ0n) is 45.1. The highest BCUT2D eigenvalue weighted by atomic mass is 16.5. The molecule has 0 spiro atoms. The fourth-order valence-corrected chi connectivity index (χ4v) is 9.34. The molecule has 2 unspecified atom stereocenters. The number of esters is 1. The van der Waals surface area contributed by atoms with Gasteiger partial charge in [-0.15, -0.1) is 0 Å². The number of nitrogens with one attached hydrogen (secondary N) is 1. The van der Waals surface area contributed by atoms with E-state index in [1.54, 1.807) is 0 Å². The summed E-state index contributed by atoms with van der Waals surface area (Å²) in [6.07, 6.45) is 69.1. The van der Waals surface area contributed by atoms with Crippen molar-refractivity contribution in [2.24, 2.45) is 0 Å². The van der Waals surface area contributed by atoms with Gasteiger partial charge in [0.2, 0.25) is 5.91 Å². The predicted molar refractivity (Wildman–Crippen MR) is 292 cm³/mol. The molecule has 0 bridgehead atoms. The highest BCUT2D eigenvalue weighted by Gasteiger charge is 2.20. The summed E-state index contributed by atoms with van der Waals surface area (Å²) < 4.78 is 5.46. The van der Waals surface area contributed by atoms with Crippen molar-refractivity contribution in [1.82, 2.24) is 5.32 Å². The summed E-state index contributed by atoms with van der Waals surface area (Å²) in [7, 11) is 0. The standard InChI is InChI=1S/C61H117NO5/c1-3-5-7-9-11-13-15-35-39-43-47-51-55-61(66)67-56-52-48-44-40-36-32-30-28-26-24-22-20-18-16-17-19-21-23-25-27-29-31-34-38-42-46-50-54-60(65)62-58(57-63)59(64)53-49-45-41-37-33-14-12-10-8-6-4-2/h11,13,16-17,58-59,63-64H,3-10,12,14-15,18-57H2,1-2H3,(H,62,65)/b13-11-,17-16-. The van der Waals surface area contributed by atoms with Crippen LogP contribution in [0, 0.1) is 0 Å². The van der Waals surface area contributed by atoms with Gasteiger partial charge in [0.25, 0.3) is 0 Å². The number of amides is 1. The van der Waals surface area contributed by atoms with Crippen molar-refractivity contribution in [2.45, 2.75) is 341 Å². The number of ether oxygens (including phenoxy) is 1. The number of aliphatic hydroxyl groups excluding tert-OH is 2. The Hall–Kier alpha value is -1.66. The topological polar surface area (TPSA) is 95.9 Å². The average Bonchev–Trinajstić information content (AvgIpc) is 3.33. The Kier molecular flexibility index (Phi) is 55.5. The summed E-state index contributed by atoms with van der Waals surface area (Å²) in [5.41, 5.74) is 0. The smallest absolute Gasteiger partial charge is 0.305 e. The number of carbonyl (C=O) groups excluding carboxylic acids is 2. The van der Waals surface area contributed by atoms with E-state index in [0.29, 0.717) is 25.9 Å². The van der Waals surface area contributed by atoms with Crippen LogP contribution in [-0.2, 0) is 14.3 Å². The molecule has 3 N–H and O–H groups in total. The quantitative estimate of drug-likeness (QED) is 0.0321. The second-order valence-electron chi connectivity index (χ2n) is 20.7. The van der Waals surface area contributed by atoms with Crippen LogP contribution in [0.1, 0.15) is 328 Å². The number of allylic oxidation sites excluding steroid dienone is 4. The van der Waals surface area contributed by atoms with Gasteiger partial charge < -0.3 is 20.3 Å². The van der Waals surface area contributed by atoms with Gasteiger partial charge in [-0.1, -0.05) is 263 Å². The maximum atomic E-state index is 12.4. The maximum Gasteiger partial charge on any atom is 0.305 e. The van der Waals surface area contributed by atoms with Crippen LogP contribution in [0.3, 0.4) is 0 Å². The minimum atomic E-state index is -0.663. The third kappa shape index (κ3) is 53.5. The Labute approximate surface area is 418 Å². The monoisotopic (exact) mass is 944 g/mol. The highest BCUT2D eigenvalue weighted by molar-refractivity contribution is 5.76. The van der Waals surface area contributed by atoms with Crippen molar-refractivity contribution in [1.29, 1.82) is 0 Å². The van der Waals surface area contributed by atoms with Crippen LogP contribution in [0.4, 0.5) is 0 Å². The second-order valence-corrected chi connectivity index (χ2v) is 20.7. The van der Waals surface area contributed by atoms with Gasteiger partial charge in [0.05, 0.1) is 25.4 Å². The average molecular weight is 945 g/mol. The number of unbranched alkanes of at least 4 members (excludes halogenated alkanes) is 41. The summed E-state index contributed by atoms with van der Waals surface area (Å²) in [5.74, 6) is -0.0310. The predicted octanol–water partition coefficient (Wildman–Crippen LogP) is 18.6. The van der Waals surface area contributed by atoms with E-state index in [9.17, 15) is 19.8 Å². The van der Waals surface area contributed by atoms with Crippen molar-refractivity contribution in [3.05, 3.63) is 24.3 Å². The zero-order valence-corrected chi connectivity index (χ0v) is 45.1. The van der Waals surface area contributed by atoms with E-state index >= 15 is 0 Å². The lowest BCUT2D eigenvalue weighted by atomic mass is 10.0. The molecule has 6 nitrogen and oxygen atoms in total. The fourth-order valence-electron chi connectivity index (χ4n) is 9.34. The van der Waals surface area contributed by atoms with E-state index in [2.05, 4.69) is 43.5 Å². The molecule has 0 heterocycles. The molecule has 0 rings (SSSR count). The van der Waals surface area contributed by atoms with Gasteiger partial charge in [0.15, 0.2) is 0 Å². The van der Waals surface area contributed by atoms with Crippen LogP contribution in [0.25, 0.3) is 0 Å². The molecule has 0 aliphatic carbocycles. The van der Waals surface area contributed by atoms with Crippen molar-refractivity contribution >= 4 is 11.9 Å². The Morgan fingerprint density at radius 1 is 0.403 bits per heavy atom. The molecule has 1 amide bonds. The van der Waals surface area contributed by atoms with Crippen LogP contribution in [0.2, 0.25) is 0 Å². The Bertz CT molecular complexity index is 1040. The minimum Gasteiger partial charge on any atom is -0.466 e. The van der Waals surface area contributed by atoms with Crippen LogP contribution in [0.15, 0.2) is 24.3 Å².